The molecule has 0 spiro atoms. The minimum atomic E-state index is -1.15. The molecule has 1 atom stereocenters. The van der Waals surface area contributed by atoms with Crippen LogP contribution in [0.2, 0.25) is 0 Å². The van der Waals surface area contributed by atoms with Crippen molar-refractivity contribution >= 4 is 17.6 Å². The first-order valence-electron chi connectivity index (χ1n) is 5.81. The Morgan fingerprint density at radius 3 is 3.00 bits per heavy atom. The Bertz CT molecular complexity index is 497. The Hall–Kier alpha value is -2.17. The lowest BCUT2D eigenvalue weighted by Crippen LogP contribution is -2.17. The van der Waals surface area contributed by atoms with Gasteiger partial charge in [-0.2, -0.15) is 0 Å². The quantitative estimate of drug-likeness (QED) is 0.797. The molecule has 0 radical (unpaired) electrons. The first kappa shape index (κ1) is 12.3. The molecule has 1 aromatic heterocycles. The van der Waals surface area contributed by atoms with E-state index in [0.29, 0.717) is 6.42 Å². The van der Waals surface area contributed by atoms with Gasteiger partial charge in [0.1, 0.15) is 0 Å². The number of aromatic carboxylic acids is 1. The second kappa shape index (κ2) is 5.44. The van der Waals surface area contributed by atoms with E-state index in [0.717, 1.165) is 12.8 Å². The second-order valence-corrected chi connectivity index (χ2v) is 4.22. The van der Waals surface area contributed by atoms with E-state index >= 15 is 0 Å². The monoisotopic (exact) mass is 246 g/mol. The van der Waals surface area contributed by atoms with Crippen LogP contribution in [-0.4, -0.2) is 22.0 Å². The molecule has 1 unspecified atom stereocenters. The van der Waals surface area contributed by atoms with Crippen LogP contribution < -0.4 is 5.32 Å². The van der Waals surface area contributed by atoms with E-state index in [1.54, 1.807) is 12.1 Å². The minimum Gasteiger partial charge on any atom is -0.476 e. The predicted octanol–water partition coefficient (Wildman–Crippen LogP) is 2.07. The Morgan fingerprint density at radius 2 is 2.33 bits per heavy atom. The summed E-state index contributed by atoms with van der Waals surface area (Å²) in [6.07, 6.45) is 7.84. The largest absolute Gasteiger partial charge is 0.476 e. The van der Waals surface area contributed by atoms with Gasteiger partial charge in [0.15, 0.2) is 5.69 Å². The molecule has 1 aliphatic rings. The van der Waals surface area contributed by atoms with Gasteiger partial charge >= 0.3 is 5.97 Å². The van der Waals surface area contributed by atoms with Crippen LogP contribution in [0, 0.1) is 5.92 Å². The van der Waals surface area contributed by atoms with E-state index in [4.69, 9.17) is 5.11 Å². The number of nitrogens with one attached hydrogen (secondary N) is 1. The summed E-state index contributed by atoms with van der Waals surface area (Å²) in [6, 6.07) is 3.14. The lowest BCUT2D eigenvalue weighted by atomic mass is 10.1. The molecule has 5 heteroatoms. The van der Waals surface area contributed by atoms with Gasteiger partial charge in [0.2, 0.25) is 5.91 Å². The van der Waals surface area contributed by atoms with Crippen LogP contribution in [0.5, 0.6) is 0 Å². The zero-order valence-electron chi connectivity index (χ0n) is 9.80. The highest BCUT2D eigenvalue weighted by molar-refractivity contribution is 5.99. The fourth-order valence-corrected chi connectivity index (χ4v) is 1.98. The van der Waals surface area contributed by atoms with E-state index in [2.05, 4.69) is 16.4 Å². The summed E-state index contributed by atoms with van der Waals surface area (Å²) >= 11 is 0. The van der Waals surface area contributed by atoms with Crippen LogP contribution in [0.3, 0.4) is 0 Å². The lowest BCUT2D eigenvalue weighted by molar-refractivity contribution is -0.116. The van der Waals surface area contributed by atoms with Crippen LogP contribution in [0.15, 0.2) is 30.5 Å². The maximum absolute atomic E-state index is 11.8. The van der Waals surface area contributed by atoms with E-state index in [1.807, 2.05) is 6.08 Å². The molecule has 0 fully saturated rings. The van der Waals surface area contributed by atoms with Crippen molar-refractivity contribution in [2.75, 3.05) is 5.32 Å². The SMILES string of the molecule is O=C(CC1C=CCC1)Nc1cccnc1C(=O)O. The molecule has 2 N–H and O–H groups in total. The Balaban J connectivity index is 2.02. The normalized spacial score (nSPS) is 17.7. The molecule has 0 bridgehead atoms. The van der Waals surface area contributed by atoms with Crippen LogP contribution in [0.1, 0.15) is 29.8 Å². The molecule has 0 saturated heterocycles. The Kier molecular flexibility index (Phi) is 3.72. The number of anilines is 1. The number of allylic oxidation sites excluding steroid dienone is 2. The molecular formula is C13H14N2O3. The predicted molar refractivity (Wildman–Crippen MR) is 66.3 cm³/mol. The number of carboxylic acids is 1. The molecule has 1 aromatic rings. The Labute approximate surface area is 105 Å². The first-order chi connectivity index (χ1) is 8.66. The van der Waals surface area contributed by atoms with E-state index in [1.165, 1.54) is 6.20 Å². The number of aromatic nitrogens is 1. The molecule has 1 heterocycles. The fraction of sp³-hybridized carbons (Fsp3) is 0.308. The van der Waals surface area contributed by atoms with Crippen molar-refractivity contribution in [1.29, 1.82) is 0 Å². The van der Waals surface area contributed by atoms with Crippen molar-refractivity contribution in [2.24, 2.45) is 5.92 Å². The van der Waals surface area contributed by atoms with Crippen LogP contribution in [0.25, 0.3) is 0 Å². The number of carbonyl (C=O) groups excluding carboxylic acids is 1. The van der Waals surface area contributed by atoms with Gasteiger partial charge in [-0.1, -0.05) is 12.2 Å². The van der Waals surface area contributed by atoms with E-state index in [9.17, 15) is 9.59 Å². The number of hydrogen-bond donors (Lipinski definition) is 2. The number of pyridine rings is 1. The van der Waals surface area contributed by atoms with Crippen LogP contribution in [0.4, 0.5) is 5.69 Å². The van der Waals surface area contributed by atoms with Crippen molar-refractivity contribution in [1.82, 2.24) is 4.98 Å². The van der Waals surface area contributed by atoms with Crippen molar-refractivity contribution in [3.63, 3.8) is 0 Å². The molecule has 5 nitrogen and oxygen atoms in total. The van der Waals surface area contributed by atoms with Gasteiger partial charge in [0.05, 0.1) is 5.69 Å². The van der Waals surface area contributed by atoms with Crippen molar-refractivity contribution in [3.05, 3.63) is 36.2 Å². The number of nitrogens with zero attached hydrogens (tertiary/aromatic N) is 1. The third-order valence-electron chi connectivity index (χ3n) is 2.84. The molecule has 0 aliphatic heterocycles. The molecule has 0 aromatic carbocycles. The number of rotatable bonds is 4. The van der Waals surface area contributed by atoms with Crippen LogP contribution in [-0.2, 0) is 4.79 Å². The average molecular weight is 246 g/mol. The molecular weight excluding hydrogens is 232 g/mol. The third kappa shape index (κ3) is 2.94. The topological polar surface area (TPSA) is 79.3 Å². The van der Waals surface area contributed by atoms with Gasteiger partial charge in [0, 0.05) is 12.6 Å². The highest BCUT2D eigenvalue weighted by Gasteiger charge is 2.17. The highest BCUT2D eigenvalue weighted by Crippen LogP contribution is 2.21. The number of carbonyl (C=O) groups is 2. The summed E-state index contributed by atoms with van der Waals surface area (Å²) in [7, 11) is 0. The van der Waals surface area contributed by atoms with Gasteiger partial charge in [-0.3, -0.25) is 4.79 Å². The van der Waals surface area contributed by atoms with E-state index in [-0.39, 0.29) is 23.2 Å². The summed E-state index contributed by atoms with van der Waals surface area (Å²) < 4.78 is 0. The first-order valence-corrected chi connectivity index (χ1v) is 5.81. The molecule has 2 rings (SSSR count). The van der Waals surface area contributed by atoms with Crippen LogP contribution >= 0.6 is 0 Å². The summed E-state index contributed by atoms with van der Waals surface area (Å²) in [5.74, 6) is -1.07. The standard InChI is InChI=1S/C13H14N2O3/c16-11(8-9-4-1-2-5-9)15-10-6-3-7-14-12(10)13(17)18/h1,3-4,6-7,9H,2,5,8H2,(H,15,16)(H,17,18). The summed E-state index contributed by atoms with van der Waals surface area (Å²) in [5.41, 5.74) is 0.116. The highest BCUT2D eigenvalue weighted by atomic mass is 16.4. The third-order valence-corrected chi connectivity index (χ3v) is 2.84. The minimum absolute atomic E-state index is 0.132. The summed E-state index contributed by atoms with van der Waals surface area (Å²) in [5, 5.41) is 11.5. The molecule has 1 aliphatic carbocycles. The Morgan fingerprint density at radius 1 is 1.50 bits per heavy atom. The summed E-state index contributed by atoms with van der Waals surface area (Å²) in [6.45, 7) is 0. The maximum atomic E-state index is 11.8. The molecule has 0 saturated carbocycles. The molecule has 18 heavy (non-hydrogen) atoms. The van der Waals surface area contributed by atoms with E-state index < -0.39 is 5.97 Å². The van der Waals surface area contributed by atoms with Crippen molar-refractivity contribution in [2.45, 2.75) is 19.3 Å². The van der Waals surface area contributed by atoms with Gasteiger partial charge in [0.25, 0.3) is 0 Å². The number of carboxylic acid groups (broad SMARTS) is 1. The van der Waals surface area contributed by atoms with Gasteiger partial charge in [-0.05, 0) is 30.9 Å². The van der Waals surface area contributed by atoms with Gasteiger partial charge < -0.3 is 10.4 Å². The summed E-state index contributed by atoms with van der Waals surface area (Å²) in [4.78, 5) is 26.4. The average Bonchev–Trinajstić information content (AvgIpc) is 2.82. The molecule has 94 valence electrons. The van der Waals surface area contributed by atoms with Gasteiger partial charge in [-0.25, -0.2) is 9.78 Å². The zero-order chi connectivity index (χ0) is 13.0. The smallest absolute Gasteiger partial charge is 0.356 e. The lowest BCUT2D eigenvalue weighted by Gasteiger charge is -2.09. The van der Waals surface area contributed by atoms with Gasteiger partial charge in [-0.15, -0.1) is 0 Å². The molecule has 1 amide bonds. The number of amides is 1. The number of hydrogen-bond acceptors (Lipinski definition) is 3. The zero-order valence-corrected chi connectivity index (χ0v) is 9.80. The van der Waals surface area contributed by atoms with Crippen molar-refractivity contribution in [3.8, 4) is 0 Å². The van der Waals surface area contributed by atoms with Crippen molar-refractivity contribution < 1.29 is 14.7 Å². The maximum Gasteiger partial charge on any atom is 0.356 e. The second-order valence-electron chi connectivity index (χ2n) is 4.22. The fourth-order valence-electron chi connectivity index (χ4n) is 1.98.